The van der Waals surface area contributed by atoms with Crippen LogP contribution in [-0.2, 0) is 15.7 Å². The zero-order valence-electron chi connectivity index (χ0n) is 16.2. The highest BCUT2D eigenvalue weighted by molar-refractivity contribution is 6.34. The van der Waals surface area contributed by atoms with Crippen molar-refractivity contribution >= 4 is 28.5 Å². The van der Waals surface area contributed by atoms with Gasteiger partial charge in [0.05, 0.1) is 29.0 Å². The molecule has 0 amide bonds. The maximum absolute atomic E-state index is 13.5. The van der Waals surface area contributed by atoms with E-state index >= 15 is 0 Å². The van der Waals surface area contributed by atoms with Crippen LogP contribution in [0.4, 0.5) is 13.2 Å². The second-order valence-corrected chi connectivity index (χ2v) is 7.64. The van der Waals surface area contributed by atoms with E-state index in [-0.39, 0.29) is 45.6 Å². The number of alkyl halides is 3. The molecule has 1 fully saturated rings. The first kappa shape index (κ1) is 21.2. The Kier molecular flexibility index (Phi) is 5.43. The van der Waals surface area contributed by atoms with Gasteiger partial charge in [0, 0.05) is 11.6 Å². The number of esters is 1. The molecule has 4 rings (SSSR count). The lowest BCUT2D eigenvalue weighted by atomic mass is 9.82. The van der Waals surface area contributed by atoms with E-state index in [4.69, 9.17) is 20.8 Å². The number of carbonyl (C=O) groups is 1. The van der Waals surface area contributed by atoms with Gasteiger partial charge in [-0.25, -0.2) is 0 Å². The van der Waals surface area contributed by atoms with Gasteiger partial charge in [-0.2, -0.15) is 13.2 Å². The number of carbonyl (C=O) groups excluding carboxylic acids is 1. The maximum atomic E-state index is 13.5. The predicted octanol–water partition coefficient (Wildman–Crippen LogP) is 5.46. The summed E-state index contributed by atoms with van der Waals surface area (Å²) < 4.78 is 56.4. The fourth-order valence-electron chi connectivity index (χ4n) is 3.49. The van der Waals surface area contributed by atoms with Crippen LogP contribution in [0.1, 0.15) is 18.4 Å². The molecule has 0 unspecified atom stereocenters. The molecule has 1 aromatic heterocycles. The molecule has 162 valence electrons. The lowest BCUT2D eigenvalue weighted by molar-refractivity contribution is -0.152. The second kappa shape index (κ2) is 7.92. The van der Waals surface area contributed by atoms with Gasteiger partial charge < -0.3 is 13.9 Å². The molecule has 2 aromatic carbocycles. The van der Waals surface area contributed by atoms with Gasteiger partial charge in [0.2, 0.25) is 0 Å². The molecule has 31 heavy (non-hydrogen) atoms. The highest BCUT2D eigenvalue weighted by Gasteiger charge is 2.40. The van der Waals surface area contributed by atoms with E-state index in [1.54, 1.807) is 18.2 Å². The van der Waals surface area contributed by atoms with Crippen molar-refractivity contribution in [1.82, 2.24) is 0 Å². The predicted molar refractivity (Wildman–Crippen MR) is 107 cm³/mol. The third-order valence-electron chi connectivity index (χ3n) is 5.20. The van der Waals surface area contributed by atoms with Gasteiger partial charge in [-0.1, -0.05) is 23.7 Å². The fraction of sp³-hybridized carbons (Fsp3) is 0.273. The van der Waals surface area contributed by atoms with Crippen LogP contribution in [0.15, 0.2) is 51.7 Å². The minimum atomic E-state index is -4.65. The lowest BCUT2D eigenvalue weighted by Gasteiger charge is -2.34. The van der Waals surface area contributed by atoms with Crippen LogP contribution in [0.25, 0.3) is 22.3 Å². The summed E-state index contributed by atoms with van der Waals surface area (Å²) in [5.74, 6) is -1.15. The van der Waals surface area contributed by atoms with Crippen LogP contribution in [0.5, 0.6) is 5.75 Å². The van der Waals surface area contributed by atoms with Crippen LogP contribution < -0.4 is 10.2 Å². The number of hydrogen-bond acceptors (Lipinski definition) is 5. The minimum absolute atomic E-state index is 0.0604. The molecule has 1 aliphatic carbocycles. The summed E-state index contributed by atoms with van der Waals surface area (Å²) in [6, 6.07) is 9.15. The Balaban J connectivity index is 1.71. The number of para-hydroxylation sites is 1. The molecular formula is C22H16ClF3O5. The average molecular weight is 453 g/mol. The summed E-state index contributed by atoms with van der Waals surface area (Å²) in [6.07, 6.45) is -4.69. The zero-order chi connectivity index (χ0) is 22.3. The van der Waals surface area contributed by atoms with E-state index in [9.17, 15) is 22.8 Å². The zero-order valence-corrected chi connectivity index (χ0v) is 16.9. The number of rotatable bonds is 4. The third kappa shape index (κ3) is 4.12. The maximum Gasteiger partial charge on any atom is 0.419 e. The molecule has 0 aliphatic heterocycles. The van der Waals surface area contributed by atoms with Crippen molar-refractivity contribution in [3.05, 3.63) is 63.3 Å². The van der Waals surface area contributed by atoms with Crippen molar-refractivity contribution < 1.29 is 31.9 Å². The molecule has 1 aliphatic rings. The Morgan fingerprint density at radius 3 is 2.58 bits per heavy atom. The van der Waals surface area contributed by atoms with Crippen LogP contribution >= 0.6 is 11.6 Å². The van der Waals surface area contributed by atoms with Crippen molar-refractivity contribution in [2.75, 3.05) is 7.11 Å². The fourth-order valence-corrected chi connectivity index (χ4v) is 3.71. The second-order valence-electron chi connectivity index (χ2n) is 7.23. The Hall–Kier alpha value is -3.00. The monoisotopic (exact) mass is 452 g/mol. The molecule has 1 saturated carbocycles. The Bertz CT molecular complexity index is 1210. The molecule has 0 radical (unpaired) electrons. The van der Waals surface area contributed by atoms with E-state index in [2.05, 4.69) is 4.74 Å². The summed E-state index contributed by atoms with van der Waals surface area (Å²) in [5, 5.41) is 0.478. The van der Waals surface area contributed by atoms with Crippen molar-refractivity contribution in [3.8, 4) is 17.1 Å². The van der Waals surface area contributed by atoms with E-state index in [0.717, 1.165) is 6.07 Å². The van der Waals surface area contributed by atoms with Crippen molar-refractivity contribution in [3.63, 3.8) is 0 Å². The Morgan fingerprint density at radius 1 is 1.16 bits per heavy atom. The topological polar surface area (TPSA) is 65.7 Å². The molecule has 1 heterocycles. The standard InChI is InChI=1S/C22H16ClF3O5/c1-29-21(28)12-7-13(8-12)30-19-9-11(5-6-15(19)22(24,25)26)18-10-17(27)14-3-2-4-16(23)20(14)31-18/h2-6,9-10,12-13H,7-8H2,1H3. The lowest BCUT2D eigenvalue weighted by Crippen LogP contribution is -2.39. The van der Waals surface area contributed by atoms with E-state index in [1.165, 1.54) is 25.3 Å². The molecule has 0 atom stereocenters. The van der Waals surface area contributed by atoms with Crippen LogP contribution in [0.2, 0.25) is 5.02 Å². The van der Waals surface area contributed by atoms with Gasteiger partial charge in [0.1, 0.15) is 17.6 Å². The summed E-state index contributed by atoms with van der Waals surface area (Å²) in [6.45, 7) is 0. The molecule has 0 saturated heterocycles. The highest BCUT2D eigenvalue weighted by Crippen LogP contribution is 2.41. The highest BCUT2D eigenvalue weighted by atomic mass is 35.5. The summed E-state index contributed by atoms with van der Waals surface area (Å²) in [4.78, 5) is 23.9. The van der Waals surface area contributed by atoms with Gasteiger partial charge in [0.25, 0.3) is 0 Å². The number of benzene rings is 2. The SMILES string of the molecule is COC(=O)C1CC(Oc2cc(-c3cc(=O)c4cccc(Cl)c4o3)ccc2C(F)(F)F)C1. The van der Waals surface area contributed by atoms with Crippen molar-refractivity contribution in [2.24, 2.45) is 5.92 Å². The molecule has 5 nitrogen and oxygen atoms in total. The molecule has 0 bridgehead atoms. The van der Waals surface area contributed by atoms with Crippen LogP contribution in [0, 0.1) is 5.92 Å². The van der Waals surface area contributed by atoms with E-state index in [0.29, 0.717) is 0 Å². The number of fused-ring (bicyclic) bond motifs is 1. The molecule has 9 heteroatoms. The molecule has 0 spiro atoms. The van der Waals surface area contributed by atoms with Crippen molar-refractivity contribution in [2.45, 2.75) is 25.1 Å². The van der Waals surface area contributed by atoms with Gasteiger partial charge in [-0.15, -0.1) is 0 Å². The summed E-state index contributed by atoms with van der Waals surface area (Å²) >= 11 is 6.11. The Morgan fingerprint density at radius 2 is 1.90 bits per heavy atom. The quantitative estimate of drug-likeness (QED) is 0.492. The van der Waals surface area contributed by atoms with Crippen LogP contribution in [0.3, 0.4) is 0 Å². The van der Waals surface area contributed by atoms with Gasteiger partial charge >= 0.3 is 12.1 Å². The first-order chi connectivity index (χ1) is 14.7. The number of halogens is 4. The largest absolute Gasteiger partial charge is 0.490 e. The normalized spacial score (nSPS) is 18.5. The molecular weight excluding hydrogens is 437 g/mol. The minimum Gasteiger partial charge on any atom is -0.490 e. The Labute approximate surface area is 179 Å². The summed E-state index contributed by atoms with van der Waals surface area (Å²) in [7, 11) is 1.26. The molecule has 0 N–H and O–H groups in total. The number of hydrogen-bond donors (Lipinski definition) is 0. The third-order valence-corrected chi connectivity index (χ3v) is 5.50. The van der Waals surface area contributed by atoms with Gasteiger partial charge in [-0.05, 0) is 37.1 Å². The number of ether oxygens (including phenoxy) is 2. The average Bonchev–Trinajstić information content (AvgIpc) is 2.69. The first-order valence-electron chi connectivity index (χ1n) is 9.36. The van der Waals surface area contributed by atoms with Gasteiger partial charge in [-0.3, -0.25) is 9.59 Å². The van der Waals surface area contributed by atoms with Crippen LogP contribution in [-0.4, -0.2) is 19.2 Å². The number of methoxy groups -OCH3 is 1. The van der Waals surface area contributed by atoms with Gasteiger partial charge in [0.15, 0.2) is 11.0 Å². The van der Waals surface area contributed by atoms with Crippen molar-refractivity contribution in [1.29, 1.82) is 0 Å². The smallest absolute Gasteiger partial charge is 0.419 e. The summed E-state index contributed by atoms with van der Waals surface area (Å²) in [5.41, 5.74) is -0.959. The van der Waals surface area contributed by atoms with E-state index in [1.807, 2.05) is 0 Å². The first-order valence-corrected chi connectivity index (χ1v) is 9.73. The van der Waals surface area contributed by atoms with E-state index < -0.39 is 35.5 Å². The molecule has 3 aromatic rings.